The predicted octanol–water partition coefficient (Wildman–Crippen LogP) is 0.305. The minimum atomic E-state index is -0.396. The third-order valence-electron chi connectivity index (χ3n) is 2.39. The summed E-state index contributed by atoms with van der Waals surface area (Å²) in [4.78, 5) is 12.8. The second-order valence-electron chi connectivity index (χ2n) is 3.99. The van der Waals surface area contributed by atoms with E-state index in [4.69, 9.17) is 15.2 Å². The molecule has 0 saturated carbocycles. The molecule has 2 aromatic rings. The van der Waals surface area contributed by atoms with E-state index >= 15 is 0 Å². The molecule has 0 fully saturated rings. The molecule has 0 bridgehead atoms. The molecule has 1 aromatic carbocycles. The minimum Gasteiger partial charge on any atom is -0.491 e. The fraction of sp³-hybridized carbons (Fsp3) is 0.333. The topological polar surface area (TPSA) is 105 Å². The third-order valence-corrected chi connectivity index (χ3v) is 2.39. The zero-order valence-corrected chi connectivity index (χ0v) is 11.0. The summed E-state index contributed by atoms with van der Waals surface area (Å²) < 4.78 is 10.4. The Hall–Kier alpha value is -2.64. The summed E-state index contributed by atoms with van der Waals surface area (Å²) in [6.45, 7) is 0.196. The number of carbonyl (C=O) groups is 1. The van der Waals surface area contributed by atoms with Crippen LogP contribution in [0.4, 0.5) is 5.69 Å². The number of hydrogen-bond acceptors (Lipinski definition) is 7. The van der Waals surface area contributed by atoms with Gasteiger partial charge in [-0.2, -0.15) is 4.80 Å². The third kappa shape index (κ3) is 3.94. The Bertz CT molecular complexity index is 584. The van der Waals surface area contributed by atoms with Gasteiger partial charge in [-0.05, 0) is 17.3 Å². The molecule has 0 unspecified atom stereocenters. The summed E-state index contributed by atoms with van der Waals surface area (Å²) in [6, 6.07) is 7.09. The van der Waals surface area contributed by atoms with E-state index in [9.17, 15) is 4.79 Å². The van der Waals surface area contributed by atoms with E-state index in [0.717, 1.165) is 0 Å². The fourth-order valence-electron chi connectivity index (χ4n) is 1.45. The van der Waals surface area contributed by atoms with Crippen molar-refractivity contribution in [2.75, 3.05) is 12.3 Å². The highest BCUT2D eigenvalue weighted by molar-refractivity contribution is 5.69. The van der Waals surface area contributed by atoms with Crippen LogP contribution in [0.1, 0.15) is 12.2 Å². The Labute approximate surface area is 115 Å². The molecule has 2 N–H and O–H groups in total. The van der Waals surface area contributed by atoms with Crippen LogP contribution in [0.5, 0.6) is 5.75 Å². The van der Waals surface area contributed by atoms with Crippen LogP contribution < -0.4 is 10.5 Å². The molecule has 1 heterocycles. The number of aromatic nitrogens is 4. The number of benzene rings is 1. The number of aryl methyl sites for hydroxylation is 1. The molecule has 8 nitrogen and oxygen atoms in total. The lowest BCUT2D eigenvalue weighted by Crippen LogP contribution is -2.11. The van der Waals surface area contributed by atoms with E-state index in [0.29, 0.717) is 17.3 Å². The summed E-state index contributed by atoms with van der Waals surface area (Å²) >= 11 is 0. The van der Waals surface area contributed by atoms with Gasteiger partial charge >= 0.3 is 5.97 Å². The van der Waals surface area contributed by atoms with E-state index in [2.05, 4.69) is 15.4 Å². The van der Waals surface area contributed by atoms with Crippen LogP contribution >= 0.6 is 0 Å². The molecule has 0 aliphatic carbocycles. The molecular weight excluding hydrogens is 262 g/mol. The number of esters is 1. The van der Waals surface area contributed by atoms with Crippen LogP contribution in [-0.2, 0) is 23.2 Å². The molecule has 0 radical (unpaired) electrons. The first kappa shape index (κ1) is 13.8. The lowest BCUT2D eigenvalue weighted by molar-refractivity contribution is -0.145. The summed E-state index contributed by atoms with van der Waals surface area (Å²) in [5.41, 5.74) is 6.24. The smallest absolute Gasteiger partial charge is 0.309 e. The summed E-state index contributed by atoms with van der Waals surface area (Å²) in [6.07, 6.45) is 0.120. The zero-order valence-electron chi connectivity index (χ0n) is 11.0. The maximum atomic E-state index is 11.5. The molecule has 0 atom stereocenters. The molecule has 0 aliphatic heterocycles. The number of carbonyl (C=O) groups excluding carboxylic acids is 1. The van der Waals surface area contributed by atoms with Gasteiger partial charge in [-0.1, -0.05) is 12.1 Å². The van der Waals surface area contributed by atoms with Crippen molar-refractivity contribution in [3.63, 3.8) is 0 Å². The van der Waals surface area contributed by atoms with Crippen LogP contribution in [0, 0.1) is 0 Å². The number of nitrogens with zero attached hydrogens (tertiary/aromatic N) is 4. The summed E-state index contributed by atoms with van der Waals surface area (Å²) in [5, 5.41) is 11.2. The molecule has 0 spiro atoms. The Kier molecular flexibility index (Phi) is 4.48. The fourth-order valence-corrected chi connectivity index (χ4v) is 1.45. The maximum absolute atomic E-state index is 11.5. The van der Waals surface area contributed by atoms with Gasteiger partial charge in [0.15, 0.2) is 6.61 Å². The van der Waals surface area contributed by atoms with Crippen LogP contribution in [-0.4, -0.2) is 32.8 Å². The highest BCUT2D eigenvalue weighted by Gasteiger charge is 2.07. The highest BCUT2D eigenvalue weighted by Crippen LogP contribution is 2.19. The van der Waals surface area contributed by atoms with E-state index in [-0.39, 0.29) is 19.6 Å². The maximum Gasteiger partial charge on any atom is 0.309 e. The molecule has 8 heteroatoms. The quantitative estimate of drug-likeness (QED) is 0.598. The Morgan fingerprint density at radius 1 is 1.40 bits per heavy atom. The zero-order chi connectivity index (χ0) is 14.4. The van der Waals surface area contributed by atoms with Crippen molar-refractivity contribution in [2.24, 2.45) is 7.05 Å². The predicted molar refractivity (Wildman–Crippen MR) is 69.6 cm³/mol. The van der Waals surface area contributed by atoms with Gasteiger partial charge in [0.2, 0.25) is 5.82 Å². The first-order chi connectivity index (χ1) is 9.65. The van der Waals surface area contributed by atoms with Crippen molar-refractivity contribution in [3.05, 3.63) is 30.1 Å². The van der Waals surface area contributed by atoms with Crippen molar-refractivity contribution in [1.82, 2.24) is 20.2 Å². The van der Waals surface area contributed by atoms with Gasteiger partial charge in [-0.15, -0.1) is 10.2 Å². The molecular formula is C12H15N5O3. The van der Waals surface area contributed by atoms with Gasteiger partial charge in [0, 0.05) is 0 Å². The number of para-hydroxylation sites is 2. The molecule has 2 rings (SSSR count). The number of rotatable bonds is 6. The number of tetrazole rings is 1. The molecule has 0 saturated heterocycles. The van der Waals surface area contributed by atoms with Crippen molar-refractivity contribution in [1.29, 1.82) is 0 Å². The van der Waals surface area contributed by atoms with Crippen molar-refractivity contribution < 1.29 is 14.3 Å². The average Bonchev–Trinajstić information content (AvgIpc) is 2.84. The largest absolute Gasteiger partial charge is 0.491 e. The SMILES string of the molecule is Cn1nnc(COC(=O)CCOc2ccccc2N)n1. The van der Waals surface area contributed by atoms with Crippen LogP contribution in [0.3, 0.4) is 0 Å². The molecule has 106 valence electrons. The van der Waals surface area contributed by atoms with Crippen LogP contribution in [0.15, 0.2) is 24.3 Å². The molecule has 0 amide bonds. The van der Waals surface area contributed by atoms with Gasteiger partial charge < -0.3 is 15.2 Å². The second-order valence-corrected chi connectivity index (χ2v) is 3.99. The first-order valence-corrected chi connectivity index (χ1v) is 6.01. The molecule has 20 heavy (non-hydrogen) atoms. The number of nitrogen functional groups attached to an aromatic ring is 1. The van der Waals surface area contributed by atoms with Gasteiger partial charge in [-0.3, -0.25) is 4.79 Å². The lowest BCUT2D eigenvalue weighted by atomic mass is 10.3. The number of hydrogen-bond donors (Lipinski definition) is 1. The van der Waals surface area contributed by atoms with E-state index in [1.54, 1.807) is 19.2 Å². The first-order valence-electron chi connectivity index (χ1n) is 6.01. The average molecular weight is 277 g/mol. The number of anilines is 1. The Morgan fingerprint density at radius 2 is 2.20 bits per heavy atom. The van der Waals surface area contributed by atoms with Gasteiger partial charge in [-0.25, -0.2) is 0 Å². The number of nitrogens with two attached hydrogens (primary N) is 1. The lowest BCUT2D eigenvalue weighted by Gasteiger charge is -2.07. The van der Waals surface area contributed by atoms with Crippen LogP contribution in [0.2, 0.25) is 0 Å². The second kappa shape index (κ2) is 6.50. The highest BCUT2D eigenvalue weighted by atomic mass is 16.5. The Morgan fingerprint density at radius 3 is 2.90 bits per heavy atom. The van der Waals surface area contributed by atoms with Gasteiger partial charge in [0.1, 0.15) is 5.75 Å². The number of ether oxygens (including phenoxy) is 2. The van der Waals surface area contributed by atoms with E-state index < -0.39 is 5.97 Å². The summed E-state index contributed by atoms with van der Waals surface area (Å²) in [7, 11) is 1.64. The van der Waals surface area contributed by atoms with E-state index in [1.807, 2.05) is 12.1 Å². The minimum absolute atomic E-state index is 0.000148. The molecule has 0 aliphatic rings. The standard InChI is InChI=1S/C12H15N5O3/c1-17-15-11(14-16-17)8-20-12(18)6-7-19-10-5-3-2-4-9(10)13/h2-5H,6-8,13H2,1H3. The van der Waals surface area contributed by atoms with Crippen molar-refractivity contribution >= 4 is 11.7 Å². The molecule has 1 aromatic heterocycles. The monoisotopic (exact) mass is 277 g/mol. The van der Waals surface area contributed by atoms with Crippen molar-refractivity contribution in [3.8, 4) is 5.75 Å². The van der Waals surface area contributed by atoms with Gasteiger partial charge in [0.25, 0.3) is 0 Å². The summed E-state index contributed by atoms with van der Waals surface area (Å²) in [5.74, 6) is 0.511. The van der Waals surface area contributed by atoms with E-state index in [1.165, 1.54) is 4.80 Å². The Balaban J connectivity index is 1.69. The van der Waals surface area contributed by atoms with Crippen molar-refractivity contribution in [2.45, 2.75) is 13.0 Å². The van der Waals surface area contributed by atoms with Crippen LogP contribution in [0.25, 0.3) is 0 Å². The normalized spacial score (nSPS) is 10.2. The van der Waals surface area contributed by atoms with Gasteiger partial charge in [0.05, 0.1) is 25.8 Å².